The van der Waals surface area contributed by atoms with Crippen LogP contribution in [-0.4, -0.2) is 26.6 Å². The number of hydrogen-bond donors (Lipinski definition) is 0. The molecule has 0 saturated heterocycles. The molecule has 6 nitrogen and oxygen atoms in total. The SMILES string of the molecule is CCC(=O)C1=C(c2cccs2)N(C(=O)CC)n2c(C)nnc2S1. The van der Waals surface area contributed by atoms with Gasteiger partial charge in [-0.25, -0.2) is 9.69 Å². The summed E-state index contributed by atoms with van der Waals surface area (Å²) in [7, 11) is 0. The van der Waals surface area contributed by atoms with E-state index in [2.05, 4.69) is 10.2 Å². The Morgan fingerprint density at radius 2 is 2.00 bits per heavy atom. The summed E-state index contributed by atoms with van der Waals surface area (Å²) in [6.45, 7) is 5.42. The summed E-state index contributed by atoms with van der Waals surface area (Å²) in [5.74, 6) is 0.518. The van der Waals surface area contributed by atoms with Crippen molar-refractivity contribution in [3.05, 3.63) is 33.1 Å². The van der Waals surface area contributed by atoms with Gasteiger partial charge in [0.25, 0.3) is 0 Å². The number of hydrogen-bond acceptors (Lipinski definition) is 6. The highest BCUT2D eigenvalue weighted by molar-refractivity contribution is 8.04. The van der Waals surface area contributed by atoms with E-state index >= 15 is 0 Å². The Bertz CT molecular complexity index is 793. The zero-order chi connectivity index (χ0) is 16.6. The summed E-state index contributed by atoms with van der Waals surface area (Å²) in [5, 5.41) is 12.2. The van der Waals surface area contributed by atoms with Gasteiger partial charge in [0, 0.05) is 12.8 Å². The van der Waals surface area contributed by atoms with Crippen molar-refractivity contribution in [1.29, 1.82) is 0 Å². The normalized spacial score (nSPS) is 14.1. The molecular formula is C15H16N4O2S2. The number of rotatable bonds is 4. The van der Waals surface area contributed by atoms with E-state index in [9.17, 15) is 9.59 Å². The number of thiophene rings is 1. The van der Waals surface area contributed by atoms with Gasteiger partial charge in [0.05, 0.1) is 9.78 Å². The molecule has 2 aromatic heterocycles. The van der Waals surface area contributed by atoms with E-state index in [4.69, 9.17) is 0 Å². The molecule has 3 rings (SSSR count). The number of amides is 1. The number of carbonyl (C=O) groups is 2. The third-order valence-corrected chi connectivity index (χ3v) is 5.39. The predicted octanol–water partition coefficient (Wildman–Crippen LogP) is 2.98. The van der Waals surface area contributed by atoms with E-state index in [1.165, 1.54) is 23.1 Å². The van der Waals surface area contributed by atoms with Crippen LogP contribution in [-0.2, 0) is 9.59 Å². The van der Waals surface area contributed by atoms with Crippen LogP contribution in [0.5, 0.6) is 0 Å². The number of allylic oxidation sites excluding steroid dienone is 1. The largest absolute Gasteiger partial charge is 0.294 e. The first-order chi connectivity index (χ1) is 11.1. The average Bonchev–Trinajstić information content (AvgIpc) is 3.22. The van der Waals surface area contributed by atoms with Gasteiger partial charge < -0.3 is 0 Å². The molecule has 0 atom stereocenters. The Balaban J connectivity index is 2.28. The van der Waals surface area contributed by atoms with Crippen molar-refractivity contribution in [3.8, 4) is 0 Å². The molecule has 1 amide bonds. The molecule has 8 heteroatoms. The number of carbonyl (C=O) groups excluding carboxylic acids is 2. The van der Waals surface area contributed by atoms with Gasteiger partial charge in [-0.15, -0.1) is 21.5 Å². The van der Waals surface area contributed by atoms with Crippen molar-refractivity contribution < 1.29 is 9.59 Å². The molecule has 120 valence electrons. The molecule has 0 radical (unpaired) electrons. The lowest BCUT2D eigenvalue weighted by molar-refractivity contribution is -0.119. The van der Waals surface area contributed by atoms with E-state index in [0.29, 0.717) is 34.4 Å². The molecule has 1 aliphatic rings. The minimum Gasteiger partial charge on any atom is -0.294 e. The molecule has 0 aromatic carbocycles. The maximum atomic E-state index is 12.6. The fraction of sp³-hybridized carbons (Fsp3) is 0.333. The Kier molecular flexibility index (Phi) is 4.36. The van der Waals surface area contributed by atoms with Crippen LogP contribution in [0.3, 0.4) is 0 Å². The van der Waals surface area contributed by atoms with Gasteiger partial charge in [0.2, 0.25) is 11.1 Å². The molecule has 3 heterocycles. The maximum Gasteiger partial charge on any atom is 0.246 e. The van der Waals surface area contributed by atoms with Crippen molar-refractivity contribution in [2.75, 3.05) is 5.01 Å². The van der Waals surface area contributed by atoms with Gasteiger partial charge in [0.1, 0.15) is 5.70 Å². The summed E-state index contributed by atoms with van der Waals surface area (Å²) >= 11 is 2.79. The number of thioether (sulfide) groups is 1. The average molecular weight is 348 g/mol. The molecule has 1 aliphatic heterocycles. The minimum atomic E-state index is -0.0979. The maximum absolute atomic E-state index is 12.6. The standard InChI is InChI=1S/C15H16N4O2S2/c1-4-10(20)14-13(11-7-6-8-22-11)19(12(21)5-2)18-9(3)16-17-15(18)23-14/h6-8H,4-5H2,1-3H3. The Labute approximate surface area is 142 Å². The van der Waals surface area contributed by atoms with E-state index < -0.39 is 0 Å². The quantitative estimate of drug-likeness (QED) is 0.850. The molecule has 0 fully saturated rings. The second-order valence-electron chi connectivity index (χ2n) is 4.93. The van der Waals surface area contributed by atoms with E-state index in [1.54, 1.807) is 23.5 Å². The Morgan fingerprint density at radius 1 is 1.22 bits per heavy atom. The lowest BCUT2D eigenvalue weighted by Gasteiger charge is -2.32. The number of aromatic nitrogens is 3. The summed E-state index contributed by atoms with van der Waals surface area (Å²) in [6, 6.07) is 3.83. The smallest absolute Gasteiger partial charge is 0.246 e. The predicted molar refractivity (Wildman–Crippen MR) is 90.7 cm³/mol. The van der Waals surface area contributed by atoms with E-state index in [1.807, 2.05) is 24.4 Å². The molecule has 0 aliphatic carbocycles. The zero-order valence-electron chi connectivity index (χ0n) is 13.1. The van der Waals surface area contributed by atoms with Crippen LogP contribution >= 0.6 is 23.1 Å². The second kappa shape index (κ2) is 6.29. The number of Topliss-reactive ketones (excluding diaryl/α,β-unsaturated/α-hetero) is 1. The topological polar surface area (TPSA) is 68.1 Å². The summed E-state index contributed by atoms with van der Waals surface area (Å²) in [4.78, 5) is 26.6. The molecule has 0 bridgehead atoms. The van der Waals surface area contributed by atoms with Crippen molar-refractivity contribution in [3.63, 3.8) is 0 Å². The molecule has 23 heavy (non-hydrogen) atoms. The summed E-state index contributed by atoms with van der Waals surface area (Å²) in [6.07, 6.45) is 0.697. The van der Waals surface area contributed by atoms with Crippen molar-refractivity contribution in [2.45, 2.75) is 38.8 Å². The fourth-order valence-corrected chi connectivity index (χ4v) is 4.27. The molecular weight excluding hydrogens is 332 g/mol. The van der Waals surface area contributed by atoms with Crippen LogP contribution in [0, 0.1) is 6.92 Å². The van der Waals surface area contributed by atoms with Crippen molar-refractivity contribution in [1.82, 2.24) is 14.9 Å². The molecule has 0 saturated carbocycles. The monoisotopic (exact) mass is 348 g/mol. The number of nitrogens with zero attached hydrogens (tertiary/aromatic N) is 4. The lowest BCUT2D eigenvalue weighted by atomic mass is 10.2. The highest BCUT2D eigenvalue weighted by Gasteiger charge is 2.35. The first-order valence-corrected chi connectivity index (χ1v) is 9.02. The third-order valence-electron chi connectivity index (χ3n) is 3.46. The van der Waals surface area contributed by atoms with Crippen molar-refractivity contribution >= 4 is 40.5 Å². The summed E-state index contributed by atoms with van der Waals surface area (Å²) in [5.41, 5.74) is 0.638. The van der Waals surface area contributed by atoms with Crippen LogP contribution < -0.4 is 5.01 Å². The van der Waals surface area contributed by atoms with Crippen LogP contribution in [0.25, 0.3) is 5.70 Å². The summed E-state index contributed by atoms with van der Waals surface area (Å²) < 4.78 is 1.69. The van der Waals surface area contributed by atoms with E-state index in [0.717, 1.165) is 4.88 Å². The zero-order valence-corrected chi connectivity index (χ0v) is 14.7. The van der Waals surface area contributed by atoms with Crippen LogP contribution in [0.1, 0.15) is 37.4 Å². The van der Waals surface area contributed by atoms with Crippen LogP contribution in [0.2, 0.25) is 0 Å². The highest BCUT2D eigenvalue weighted by atomic mass is 32.2. The van der Waals surface area contributed by atoms with Gasteiger partial charge >= 0.3 is 0 Å². The second-order valence-corrected chi connectivity index (χ2v) is 6.86. The number of fused-ring (bicyclic) bond motifs is 1. The van der Waals surface area contributed by atoms with Gasteiger partial charge in [-0.1, -0.05) is 19.9 Å². The van der Waals surface area contributed by atoms with Crippen LogP contribution in [0.15, 0.2) is 27.6 Å². The molecule has 2 aromatic rings. The van der Waals surface area contributed by atoms with Crippen molar-refractivity contribution in [2.24, 2.45) is 0 Å². The molecule has 0 unspecified atom stereocenters. The lowest BCUT2D eigenvalue weighted by Crippen LogP contribution is -2.42. The molecule has 0 N–H and O–H groups in total. The van der Waals surface area contributed by atoms with E-state index in [-0.39, 0.29) is 11.7 Å². The first-order valence-electron chi connectivity index (χ1n) is 7.32. The number of aryl methyl sites for hydroxylation is 1. The van der Waals surface area contributed by atoms with Gasteiger partial charge in [-0.2, -0.15) is 0 Å². The number of ketones is 1. The third kappa shape index (κ3) is 2.61. The first kappa shape index (κ1) is 15.9. The highest BCUT2D eigenvalue weighted by Crippen LogP contribution is 2.41. The van der Waals surface area contributed by atoms with Gasteiger partial charge in [-0.3, -0.25) is 9.59 Å². The molecule has 0 spiro atoms. The minimum absolute atomic E-state index is 0.000735. The fourth-order valence-electron chi connectivity index (χ4n) is 2.33. The Morgan fingerprint density at radius 3 is 2.61 bits per heavy atom. The Hall–Kier alpha value is -1.93. The van der Waals surface area contributed by atoms with Gasteiger partial charge in [-0.05, 0) is 30.1 Å². The van der Waals surface area contributed by atoms with Gasteiger partial charge in [0.15, 0.2) is 11.6 Å². The van der Waals surface area contributed by atoms with Crippen LogP contribution in [0.4, 0.5) is 0 Å².